The number of thiocarbonyl (C=S) groups is 1. The van der Waals surface area contributed by atoms with Gasteiger partial charge in [0, 0.05) is 21.3 Å². The number of ketones is 1. The lowest BCUT2D eigenvalue weighted by atomic mass is 9.89. The quantitative estimate of drug-likeness (QED) is 0.447. The normalized spacial score (nSPS) is 17.2. The summed E-state index contributed by atoms with van der Waals surface area (Å²) in [5.74, 6) is -1.77. The number of allylic oxidation sites excluding steroid dienone is 1. The van der Waals surface area contributed by atoms with Gasteiger partial charge in [-0.15, -0.1) is 0 Å². The Labute approximate surface area is 161 Å². The number of benzene rings is 1. The van der Waals surface area contributed by atoms with Gasteiger partial charge >= 0.3 is 5.97 Å². The molecule has 1 aromatic carbocycles. The van der Waals surface area contributed by atoms with E-state index in [0.717, 1.165) is 0 Å². The first kappa shape index (κ1) is 19.7. The zero-order valence-electron chi connectivity index (χ0n) is 14.0. The maximum absolute atomic E-state index is 12.8. The average Bonchev–Trinajstić information content (AvgIpc) is 2.53. The number of esters is 1. The van der Waals surface area contributed by atoms with Crippen molar-refractivity contribution < 1.29 is 14.3 Å². The molecule has 0 radical (unpaired) electrons. The van der Waals surface area contributed by atoms with E-state index in [-0.39, 0.29) is 18.1 Å². The van der Waals surface area contributed by atoms with E-state index in [4.69, 9.17) is 40.2 Å². The van der Waals surface area contributed by atoms with Crippen LogP contribution in [0.2, 0.25) is 10.0 Å². The van der Waals surface area contributed by atoms with Crippen molar-refractivity contribution in [1.29, 1.82) is 0 Å². The topological polar surface area (TPSA) is 67.4 Å². The highest BCUT2D eigenvalue weighted by molar-refractivity contribution is 7.80. The number of hydrogen-bond donors (Lipinski definition) is 2. The van der Waals surface area contributed by atoms with E-state index >= 15 is 0 Å². The first-order valence-corrected chi connectivity index (χ1v) is 8.91. The number of Topliss-reactive ketones (excluding diaryl/α,β-unsaturated/α-hetero) is 1. The van der Waals surface area contributed by atoms with Gasteiger partial charge < -0.3 is 15.4 Å². The zero-order valence-corrected chi connectivity index (χ0v) is 16.3. The van der Waals surface area contributed by atoms with Gasteiger partial charge in [0.25, 0.3) is 5.78 Å². The van der Waals surface area contributed by atoms with E-state index in [9.17, 15) is 9.59 Å². The SMILES string of the molecule is CCOC(=O)C(=O)C1=C(C(C)C)NC(=S)N[C@@H]1c1c(Cl)cccc1Cl. The molecule has 0 amide bonds. The van der Waals surface area contributed by atoms with E-state index in [2.05, 4.69) is 10.6 Å². The minimum atomic E-state index is -0.930. The summed E-state index contributed by atoms with van der Waals surface area (Å²) in [6, 6.07) is 4.28. The summed E-state index contributed by atoms with van der Waals surface area (Å²) in [4.78, 5) is 24.9. The van der Waals surface area contributed by atoms with Gasteiger partial charge in [-0.05, 0) is 37.2 Å². The lowest BCUT2D eigenvalue weighted by molar-refractivity contribution is -0.152. The summed E-state index contributed by atoms with van der Waals surface area (Å²) >= 11 is 17.9. The molecule has 8 heteroatoms. The zero-order chi connectivity index (χ0) is 18.7. The van der Waals surface area contributed by atoms with Crippen LogP contribution < -0.4 is 10.6 Å². The van der Waals surface area contributed by atoms with Gasteiger partial charge in [0.15, 0.2) is 5.11 Å². The number of ether oxygens (including phenoxy) is 1. The molecule has 1 aromatic rings. The van der Waals surface area contributed by atoms with Gasteiger partial charge in [0.1, 0.15) is 0 Å². The molecular formula is C17H18Cl2N2O3S. The molecule has 1 atom stereocenters. The van der Waals surface area contributed by atoms with Crippen molar-refractivity contribution in [3.05, 3.63) is 45.1 Å². The highest BCUT2D eigenvalue weighted by Crippen LogP contribution is 2.38. The van der Waals surface area contributed by atoms with Crippen LogP contribution in [0.25, 0.3) is 0 Å². The van der Waals surface area contributed by atoms with E-state index in [1.807, 2.05) is 13.8 Å². The Hall–Kier alpha value is -1.63. The van der Waals surface area contributed by atoms with Crippen LogP contribution in [0, 0.1) is 5.92 Å². The van der Waals surface area contributed by atoms with E-state index in [1.165, 1.54) is 0 Å². The number of halogens is 2. The van der Waals surface area contributed by atoms with Crippen LogP contribution in [0.1, 0.15) is 32.4 Å². The highest BCUT2D eigenvalue weighted by atomic mass is 35.5. The Morgan fingerprint density at radius 3 is 2.40 bits per heavy atom. The lowest BCUT2D eigenvalue weighted by Gasteiger charge is -2.33. The first-order chi connectivity index (χ1) is 11.8. The lowest BCUT2D eigenvalue weighted by Crippen LogP contribution is -2.47. The number of rotatable bonds is 5. The second kappa shape index (κ2) is 8.17. The van der Waals surface area contributed by atoms with Crippen LogP contribution in [-0.4, -0.2) is 23.5 Å². The van der Waals surface area contributed by atoms with Gasteiger partial charge in [0.2, 0.25) is 0 Å². The molecule has 0 fully saturated rings. The molecule has 25 heavy (non-hydrogen) atoms. The fraction of sp³-hybridized carbons (Fsp3) is 0.353. The summed E-state index contributed by atoms with van der Waals surface area (Å²) in [6.45, 7) is 5.52. The monoisotopic (exact) mass is 400 g/mol. The molecule has 0 aliphatic carbocycles. The third kappa shape index (κ3) is 4.14. The maximum atomic E-state index is 12.8. The van der Waals surface area contributed by atoms with Crippen LogP contribution in [0.15, 0.2) is 29.5 Å². The molecule has 0 unspecified atom stereocenters. The smallest absolute Gasteiger partial charge is 0.379 e. The minimum absolute atomic E-state index is 0.0859. The Morgan fingerprint density at radius 2 is 1.88 bits per heavy atom. The number of nitrogens with one attached hydrogen (secondary N) is 2. The van der Waals surface area contributed by atoms with E-state index < -0.39 is 17.8 Å². The predicted molar refractivity (Wildman–Crippen MR) is 102 cm³/mol. The molecule has 2 N–H and O–H groups in total. The largest absolute Gasteiger partial charge is 0.460 e. The predicted octanol–water partition coefficient (Wildman–Crippen LogP) is 3.55. The summed E-state index contributed by atoms with van der Waals surface area (Å²) in [6.07, 6.45) is 0. The van der Waals surface area contributed by atoms with E-state index in [1.54, 1.807) is 25.1 Å². The number of carbonyl (C=O) groups excluding carboxylic acids is 2. The molecular weight excluding hydrogens is 383 g/mol. The molecule has 1 heterocycles. The molecule has 1 aliphatic rings. The highest BCUT2D eigenvalue weighted by Gasteiger charge is 2.37. The van der Waals surface area contributed by atoms with Crippen LogP contribution in [-0.2, 0) is 14.3 Å². The van der Waals surface area contributed by atoms with Crippen LogP contribution in [0.4, 0.5) is 0 Å². The van der Waals surface area contributed by atoms with Crippen molar-refractivity contribution in [3.63, 3.8) is 0 Å². The third-order valence-electron chi connectivity index (χ3n) is 3.67. The molecule has 0 saturated heterocycles. The second-order valence-corrected chi connectivity index (χ2v) is 6.92. The van der Waals surface area contributed by atoms with Crippen molar-refractivity contribution in [3.8, 4) is 0 Å². The standard InChI is InChI=1S/C17H18Cl2N2O3S/c1-4-24-16(23)15(22)12-13(8(2)3)20-17(25)21-14(12)11-9(18)6-5-7-10(11)19/h5-8,14H,4H2,1-3H3,(H2,20,21,25)/t14-/m1/s1. The van der Waals surface area contributed by atoms with Crippen molar-refractivity contribution in [1.82, 2.24) is 10.6 Å². The van der Waals surface area contributed by atoms with Crippen molar-refractivity contribution >= 4 is 52.3 Å². The molecule has 2 rings (SSSR count). The van der Waals surface area contributed by atoms with Gasteiger partial charge in [-0.25, -0.2) is 4.79 Å². The maximum Gasteiger partial charge on any atom is 0.379 e. The van der Waals surface area contributed by atoms with Gasteiger partial charge in [0.05, 0.1) is 18.2 Å². The van der Waals surface area contributed by atoms with Crippen LogP contribution in [0.3, 0.4) is 0 Å². The summed E-state index contributed by atoms with van der Waals surface area (Å²) in [5.41, 5.74) is 1.24. The average molecular weight is 401 g/mol. The molecule has 1 aliphatic heterocycles. The van der Waals surface area contributed by atoms with Gasteiger partial charge in [-0.1, -0.05) is 43.1 Å². The van der Waals surface area contributed by atoms with Gasteiger partial charge in [-0.2, -0.15) is 0 Å². The van der Waals surface area contributed by atoms with Crippen molar-refractivity contribution in [2.45, 2.75) is 26.8 Å². The van der Waals surface area contributed by atoms with Crippen molar-refractivity contribution in [2.75, 3.05) is 6.61 Å². The molecule has 0 aromatic heterocycles. The fourth-order valence-corrected chi connectivity index (χ4v) is 3.45. The molecule has 0 saturated carbocycles. The summed E-state index contributed by atoms with van der Waals surface area (Å²) in [5, 5.41) is 7.02. The molecule has 5 nitrogen and oxygen atoms in total. The molecule has 0 spiro atoms. The second-order valence-electron chi connectivity index (χ2n) is 5.70. The summed E-state index contributed by atoms with van der Waals surface area (Å²) < 4.78 is 4.88. The van der Waals surface area contributed by atoms with Crippen LogP contribution >= 0.6 is 35.4 Å². The fourth-order valence-electron chi connectivity index (χ4n) is 2.60. The van der Waals surface area contributed by atoms with Crippen LogP contribution in [0.5, 0.6) is 0 Å². The Kier molecular flexibility index (Phi) is 6.43. The third-order valence-corrected chi connectivity index (χ3v) is 4.55. The molecule has 0 bridgehead atoms. The Morgan fingerprint density at radius 1 is 1.28 bits per heavy atom. The Balaban J connectivity index is 2.67. The van der Waals surface area contributed by atoms with E-state index in [0.29, 0.717) is 26.4 Å². The van der Waals surface area contributed by atoms with Gasteiger partial charge in [-0.3, -0.25) is 4.79 Å². The van der Waals surface area contributed by atoms with Crippen molar-refractivity contribution in [2.24, 2.45) is 5.92 Å². The number of hydrogen-bond acceptors (Lipinski definition) is 4. The first-order valence-electron chi connectivity index (χ1n) is 7.74. The number of carbonyl (C=O) groups is 2. The molecule has 134 valence electrons. The Bertz CT molecular complexity index is 742. The minimum Gasteiger partial charge on any atom is -0.460 e. The summed E-state index contributed by atoms with van der Waals surface area (Å²) in [7, 11) is 0.